The monoisotopic (exact) mass is 475 g/mol. The zero-order chi connectivity index (χ0) is 17.5. The second-order valence-corrected chi connectivity index (χ2v) is 5.64. The third kappa shape index (κ3) is 6.28. The minimum Gasteiger partial charge on any atom is -0.493 e. The van der Waals surface area contributed by atoms with Crippen LogP contribution >= 0.6 is 35.6 Å². The summed E-state index contributed by atoms with van der Waals surface area (Å²) in [6.45, 7) is 4.82. The van der Waals surface area contributed by atoms with Crippen molar-refractivity contribution in [3.8, 4) is 11.5 Å². The number of hydrogen-bond donors (Lipinski definition) is 2. The van der Waals surface area contributed by atoms with Gasteiger partial charge in [-0.15, -0.1) is 24.0 Å². The van der Waals surface area contributed by atoms with Crippen molar-refractivity contribution in [3.63, 3.8) is 0 Å². The van der Waals surface area contributed by atoms with Gasteiger partial charge in [0.25, 0.3) is 0 Å². The van der Waals surface area contributed by atoms with E-state index in [9.17, 15) is 0 Å². The Bertz CT molecular complexity index is 721. The van der Waals surface area contributed by atoms with E-state index in [-0.39, 0.29) is 24.0 Å². The third-order valence-electron chi connectivity index (χ3n) is 3.33. The van der Waals surface area contributed by atoms with Gasteiger partial charge in [-0.05, 0) is 43.7 Å². The molecule has 136 valence electrons. The molecule has 0 spiro atoms. The molecule has 2 aromatic carbocycles. The normalized spacial score (nSPS) is 10.8. The number of ether oxygens (including phenoxy) is 2. The van der Waals surface area contributed by atoms with Crippen LogP contribution in [0.15, 0.2) is 41.4 Å². The molecule has 0 saturated carbocycles. The van der Waals surface area contributed by atoms with E-state index >= 15 is 0 Å². The predicted octanol–water partition coefficient (Wildman–Crippen LogP) is 4.60. The molecule has 0 fully saturated rings. The van der Waals surface area contributed by atoms with Gasteiger partial charge in [-0.3, -0.25) is 0 Å². The van der Waals surface area contributed by atoms with Crippen LogP contribution in [-0.2, 0) is 6.54 Å². The highest BCUT2D eigenvalue weighted by atomic mass is 127. The molecule has 2 aromatic rings. The molecule has 0 saturated heterocycles. The predicted molar refractivity (Wildman–Crippen MR) is 115 cm³/mol. The Morgan fingerprint density at radius 1 is 1.24 bits per heavy atom. The minimum absolute atomic E-state index is 0. The second-order valence-electron chi connectivity index (χ2n) is 5.23. The molecule has 0 amide bonds. The van der Waals surface area contributed by atoms with Crippen molar-refractivity contribution < 1.29 is 9.47 Å². The Kier molecular flexibility index (Phi) is 8.85. The van der Waals surface area contributed by atoms with E-state index in [0.717, 1.165) is 11.3 Å². The second kappa shape index (κ2) is 10.4. The molecule has 0 aliphatic carbocycles. The summed E-state index contributed by atoms with van der Waals surface area (Å²) in [5, 5.41) is 3.55. The summed E-state index contributed by atoms with van der Waals surface area (Å²) in [6, 6.07) is 11.6. The van der Waals surface area contributed by atoms with Crippen LogP contribution in [0.3, 0.4) is 0 Å². The van der Waals surface area contributed by atoms with Gasteiger partial charge < -0.3 is 20.5 Å². The fraction of sp³-hybridized carbons (Fsp3) is 0.278. The number of aliphatic imine (C=N–C) groups is 1. The molecule has 0 bridgehead atoms. The first kappa shape index (κ1) is 21.4. The molecule has 0 unspecified atom stereocenters. The highest BCUT2D eigenvalue weighted by Gasteiger charge is 2.11. The van der Waals surface area contributed by atoms with Crippen LogP contribution in [0.5, 0.6) is 11.5 Å². The van der Waals surface area contributed by atoms with Gasteiger partial charge in [-0.1, -0.05) is 29.3 Å². The number of benzene rings is 2. The maximum absolute atomic E-state index is 6.25. The van der Waals surface area contributed by atoms with E-state index in [1.807, 2.05) is 44.2 Å². The van der Waals surface area contributed by atoms with Crippen molar-refractivity contribution in [1.82, 2.24) is 0 Å². The summed E-state index contributed by atoms with van der Waals surface area (Å²) in [4.78, 5) is 4.33. The van der Waals surface area contributed by atoms with Crippen LogP contribution in [0.25, 0.3) is 0 Å². The van der Waals surface area contributed by atoms with Crippen molar-refractivity contribution in [2.45, 2.75) is 20.4 Å². The standard InChI is InChI=1S/C18H22ClN3O2.HI/c1-4-24-17-15(19)9-13(10-16(17)23-3)11-21-18(20)22-14-7-5-12(2)6-8-14;/h5-10H,4,11H2,1-3H3,(H3,20,21,22);1H. The van der Waals surface area contributed by atoms with Gasteiger partial charge in [0, 0.05) is 5.69 Å². The molecule has 0 heterocycles. The summed E-state index contributed by atoms with van der Waals surface area (Å²) < 4.78 is 10.8. The number of guanidine groups is 1. The number of anilines is 1. The van der Waals surface area contributed by atoms with E-state index < -0.39 is 0 Å². The zero-order valence-electron chi connectivity index (χ0n) is 14.5. The maximum atomic E-state index is 6.25. The Balaban J connectivity index is 0.00000312. The SMILES string of the molecule is CCOc1c(Cl)cc(CN=C(N)Nc2ccc(C)cc2)cc1OC.I. The Morgan fingerprint density at radius 2 is 1.92 bits per heavy atom. The van der Waals surface area contributed by atoms with Crippen LogP contribution in [-0.4, -0.2) is 19.7 Å². The summed E-state index contributed by atoms with van der Waals surface area (Å²) in [5.41, 5.74) is 8.89. The molecule has 0 aliphatic rings. The van der Waals surface area contributed by atoms with Crippen molar-refractivity contribution in [3.05, 3.63) is 52.5 Å². The van der Waals surface area contributed by atoms with E-state index in [0.29, 0.717) is 35.6 Å². The highest BCUT2D eigenvalue weighted by Crippen LogP contribution is 2.36. The molecule has 0 radical (unpaired) electrons. The molecule has 0 aromatic heterocycles. The number of nitrogens with two attached hydrogens (primary N) is 1. The van der Waals surface area contributed by atoms with E-state index in [4.69, 9.17) is 26.8 Å². The molecule has 7 heteroatoms. The fourth-order valence-corrected chi connectivity index (χ4v) is 2.44. The van der Waals surface area contributed by atoms with Gasteiger partial charge >= 0.3 is 0 Å². The Morgan fingerprint density at radius 3 is 2.52 bits per heavy atom. The summed E-state index contributed by atoms with van der Waals surface area (Å²) in [7, 11) is 1.58. The molecule has 2 rings (SSSR count). The highest BCUT2D eigenvalue weighted by molar-refractivity contribution is 14.0. The van der Waals surface area contributed by atoms with Crippen LogP contribution in [0.1, 0.15) is 18.1 Å². The topological polar surface area (TPSA) is 68.9 Å². The van der Waals surface area contributed by atoms with Crippen molar-refractivity contribution in [2.24, 2.45) is 10.7 Å². The number of methoxy groups -OCH3 is 1. The molecule has 0 atom stereocenters. The zero-order valence-corrected chi connectivity index (χ0v) is 17.6. The van der Waals surface area contributed by atoms with E-state index in [2.05, 4.69) is 10.3 Å². The number of aryl methyl sites for hydroxylation is 1. The largest absolute Gasteiger partial charge is 0.493 e. The summed E-state index contributed by atoms with van der Waals surface area (Å²) in [6.07, 6.45) is 0. The molecule has 0 aliphatic heterocycles. The molecule has 3 N–H and O–H groups in total. The third-order valence-corrected chi connectivity index (χ3v) is 3.61. The van der Waals surface area contributed by atoms with Crippen LogP contribution < -0.4 is 20.5 Å². The van der Waals surface area contributed by atoms with Gasteiger partial charge in [-0.2, -0.15) is 0 Å². The first-order chi connectivity index (χ1) is 11.5. The number of halogens is 2. The molecular weight excluding hydrogens is 453 g/mol. The Labute approximate surface area is 170 Å². The quantitative estimate of drug-likeness (QED) is 0.364. The van der Waals surface area contributed by atoms with Crippen LogP contribution in [0, 0.1) is 6.92 Å². The minimum atomic E-state index is 0. The van der Waals surface area contributed by atoms with Gasteiger partial charge in [-0.25, -0.2) is 4.99 Å². The number of hydrogen-bond acceptors (Lipinski definition) is 3. The van der Waals surface area contributed by atoms with E-state index in [1.54, 1.807) is 13.2 Å². The van der Waals surface area contributed by atoms with Crippen molar-refractivity contribution in [2.75, 3.05) is 19.0 Å². The smallest absolute Gasteiger partial charge is 0.193 e. The van der Waals surface area contributed by atoms with Crippen molar-refractivity contribution >= 4 is 47.2 Å². The fourth-order valence-electron chi connectivity index (χ4n) is 2.15. The van der Waals surface area contributed by atoms with Gasteiger partial charge in [0.1, 0.15) is 0 Å². The number of nitrogens with one attached hydrogen (secondary N) is 1. The first-order valence-electron chi connectivity index (χ1n) is 7.66. The lowest BCUT2D eigenvalue weighted by Crippen LogP contribution is -2.22. The van der Waals surface area contributed by atoms with Gasteiger partial charge in [0.2, 0.25) is 0 Å². The maximum Gasteiger partial charge on any atom is 0.193 e. The molecule has 25 heavy (non-hydrogen) atoms. The Hall–Kier alpha value is -1.67. The van der Waals surface area contributed by atoms with E-state index in [1.165, 1.54) is 5.56 Å². The van der Waals surface area contributed by atoms with Crippen molar-refractivity contribution in [1.29, 1.82) is 0 Å². The summed E-state index contributed by atoms with van der Waals surface area (Å²) >= 11 is 6.25. The summed E-state index contributed by atoms with van der Waals surface area (Å²) in [5.74, 6) is 1.46. The molecule has 5 nitrogen and oxygen atoms in total. The van der Waals surface area contributed by atoms with Crippen LogP contribution in [0.2, 0.25) is 5.02 Å². The number of nitrogens with zero attached hydrogens (tertiary/aromatic N) is 1. The number of rotatable bonds is 6. The first-order valence-corrected chi connectivity index (χ1v) is 8.04. The average Bonchev–Trinajstić information content (AvgIpc) is 2.57. The van der Waals surface area contributed by atoms with Gasteiger partial charge in [0.15, 0.2) is 17.5 Å². The lowest BCUT2D eigenvalue weighted by molar-refractivity contribution is 0.311. The lowest BCUT2D eigenvalue weighted by Gasteiger charge is -2.12. The van der Waals surface area contributed by atoms with Gasteiger partial charge in [0.05, 0.1) is 25.3 Å². The lowest BCUT2D eigenvalue weighted by atomic mass is 10.2. The van der Waals surface area contributed by atoms with Crippen LogP contribution in [0.4, 0.5) is 5.69 Å². The molecular formula is C18H23ClIN3O2. The average molecular weight is 476 g/mol.